The van der Waals surface area contributed by atoms with Crippen LogP contribution in [0.4, 0.5) is 11.4 Å². The van der Waals surface area contributed by atoms with Crippen LogP contribution < -0.4 is 14.8 Å². The van der Waals surface area contributed by atoms with E-state index in [0.29, 0.717) is 28.6 Å². The van der Waals surface area contributed by atoms with Gasteiger partial charge in [0.05, 0.1) is 11.3 Å². The number of hydrogen-bond donors (Lipinski definition) is 2. The smallest absolute Gasteiger partial charge is 0.262 e. The van der Waals surface area contributed by atoms with Crippen molar-refractivity contribution in [2.24, 2.45) is 0 Å². The minimum absolute atomic E-state index is 0.0533. The number of anilines is 2. The lowest BCUT2D eigenvalue weighted by Crippen LogP contribution is -2.29. The zero-order chi connectivity index (χ0) is 25.5. The fourth-order valence-corrected chi connectivity index (χ4v) is 4.94. The molecule has 1 aliphatic heterocycles. The Morgan fingerprint density at radius 1 is 0.861 bits per heavy atom. The first-order chi connectivity index (χ1) is 17.3. The van der Waals surface area contributed by atoms with Gasteiger partial charge in [-0.15, -0.1) is 0 Å². The monoisotopic (exact) mass is 527 g/mol. The predicted octanol–water partition coefficient (Wildman–Crippen LogP) is 4.32. The molecule has 1 saturated heterocycles. The maximum atomic E-state index is 12.5. The normalized spacial score (nSPS) is 13.3. The van der Waals surface area contributed by atoms with Crippen LogP contribution in [0.3, 0.4) is 0 Å². The van der Waals surface area contributed by atoms with E-state index in [2.05, 4.69) is 10.0 Å². The van der Waals surface area contributed by atoms with Gasteiger partial charge in [-0.3, -0.25) is 14.3 Å². The molecule has 10 heteroatoms. The number of rotatable bonds is 9. The first-order valence-electron chi connectivity index (χ1n) is 11.5. The summed E-state index contributed by atoms with van der Waals surface area (Å²) in [5, 5.41) is 3.24. The van der Waals surface area contributed by atoms with Crippen molar-refractivity contribution in [1.82, 2.24) is 4.90 Å². The molecule has 4 rings (SSSR count). The van der Waals surface area contributed by atoms with Gasteiger partial charge >= 0.3 is 0 Å². The van der Waals surface area contributed by atoms with Crippen molar-refractivity contribution in [3.63, 3.8) is 0 Å². The van der Waals surface area contributed by atoms with E-state index < -0.39 is 10.0 Å². The Hall–Kier alpha value is -3.56. The summed E-state index contributed by atoms with van der Waals surface area (Å²) < 4.78 is 33.0. The number of likely N-dealkylation sites (tertiary alicyclic amines) is 1. The third-order valence-corrected chi connectivity index (χ3v) is 7.30. The van der Waals surface area contributed by atoms with Gasteiger partial charge in [-0.1, -0.05) is 23.7 Å². The molecule has 2 amide bonds. The highest BCUT2D eigenvalue weighted by molar-refractivity contribution is 7.92. The number of hydrogen-bond acceptors (Lipinski definition) is 5. The maximum Gasteiger partial charge on any atom is 0.262 e. The molecular formula is C26H26ClN3O5S. The molecule has 1 fully saturated rings. The summed E-state index contributed by atoms with van der Waals surface area (Å²) in [6, 6.07) is 19.2. The molecule has 0 saturated carbocycles. The molecule has 0 bridgehead atoms. The third-order valence-electron chi connectivity index (χ3n) is 5.65. The molecule has 1 aliphatic rings. The quantitative estimate of drug-likeness (QED) is 0.431. The Balaban J connectivity index is 1.25. The molecule has 2 N–H and O–H groups in total. The van der Waals surface area contributed by atoms with E-state index in [1.54, 1.807) is 36.4 Å². The molecule has 8 nitrogen and oxygen atoms in total. The van der Waals surface area contributed by atoms with Crippen LogP contribution in [0, 0.1) is 0 Å². The standard InChI is InChI=1S/C26H26ClN3O5S/c27-20-5-9-22(10-6-20)29-36(33,34)24-13-11-23(12-14-24)35-18-25(31)28-21-7-3-19(4-8-21)17-26(32)30-15-1-2-16-30/h3-14,29H,1-2,15-18H2,(H,28,31). The Bertz CT molecular complexity index is 1310. The summed E-state index contributed by atoms with van der Waals surface area (Å²) in [4.78, 5) is 26.5. The second kappa shape index (κ2) is 11.5. The number of benzene rings is 3. The summed E-state index contributed by atoms with van der Waals surface area (Å²) in [6.45, 7) is 1.40. The van der Waals surface area contributed by atoms with Gasteiger partial charge in [0.1, 0.15) is 5.75 Å². The van der Waals surface area contributed by atoms with Gasteiger partial charge in [0.2, 0.25) is 5.91 Å². The second-order valence-electron chi connectivity index (χ2n) is 8.38. The molecule has 1 heterocycles. The third kappa shape index (κ3) is 6.99. The first kappa shape index (κ1) is 25.5. The SMILES string of the molecule is O=C(COc1ccc(S(=O)(=O)Nc2ccc(Cl)cc2)cc1)Nc1ccc(CC(=O)N2CCCC2)cc1. The van der Waals surface area contributed by atoms with Gasteiger partial charge in [-0.2, -0.15) is 0 Å². The summed E-state index contributed by atoms with van der Waals surface area (Å²) in [5.41, 5.74) is 1.88. The van der Waals surface area contributed by atoms with Crippen LogP contribution in [0.1, 0.15) is 18.4 Å². The van der Waals surface area contributed by atoms with Gasteiger partial charge in [0.15, 0.2) is 6.61 Å². The number of carbonyl (C=O) groups is 2. The molecule has 0 spiro atoms. The van der Waals surface area contributed by atoms with Crippen LogP contribution >= 0.6 is 11.6 Å². The van der Waals surface area contributed by atoms with Crippen LogP contribution in [-0.2, 0) is 26.0 Å². The van der Waals surface area contributed by atoms with Gasteiger partial charge in [-0.25, -0.2) is 8.42 Å². The molecule has 0 atom stereocenters. The lowest BCUT2D eigenvalue weighted by Gasteiger charge is -2.15. The van der Waals surface area contributed by atoms with E-state index in [9.17, 15) is 18.0 Å². The molecule has 0 aliphatic carbocycles. The highest BCUT2D eigenvalue weighted by Gasteiger charge is 2.18. The number of halogens is 1. The van der Waals surface area contributed by atoms with E-state index in [-0.39, 0.29) is 23.3 Å². The highest BCUT2D eigenvalue weighted by Crippen LogP contribution is 2.21. The Labute approximate surface area is 215 Å². The molecule has 188 valence electrons. The van der Waals surface area contributed by atoms with Gasteiger partial charge < -0.3 is 15.0 Å². The van der Waals surface area contributed by atoms with Crippen molar-refractivity contribution in [2.75, 3.05) is 29.7 Å². The molecule has 3 aromatic carbocycles. The summed E-state index contributed by atoms with van der Waals surface area (Å²) >= 11 is 5.83. The van der Waals surface area contributed by atoms with Crippen LogP contribution in [0.25, 0.3) is 0 Å². The zero-order valence-corrected chi connectivity index (χ0v) is 21.0. The average Bonchev–Trinajstić information content (AvgIpc) is 3.41. The molecule has 0 aromatic heterocycles. The minimum atomic E-state index is -3.78. The molecule has 36 heavy (non-hydrogen) atoms. The number of ether oxygens (including phenoxy) is 1. The van der Waals surface area contributed by atoms with E-state index in [0.717, 1.165) is 31.5 Å². The van der Waals surface area contributed by atoms with Gasteiger partial charge in [0.25, 0.3) is 15.9 Å². The second-order valence-corrected chi connectivity index (χ2v) is 10.5. The number of nitrogens with one attached hydrogen (secondary N) is 2. The Kier molecular flexibility index (Phi) is 8.12. The zero-order valence-electron chi connectivity index (χ0n) is 19.4. The average molecular weight is 528 g/mol. The number of sulfonamides is 1. The number of nitrogens with zero attached hydrogens (tertiary/aromatic N) is 1. The highest BCUT2D eigenvalue weighted by atomic mass is 35.5. The van der Waals surface area contributed by atoms with E-state index in [1.165, 1.54) is 24.3 Å². The summed E-state index contributed by atoms with van der Waals surface area (Å²) in [5.74, 6) is 0.112. The van der Waals surface area contributed by atoms with Gasteiger partial charge in [-0.05, 0) is 79.1 Å². The van der Waals surface area contributed by atoms with E-state index in [1.807, 2.05) is 17.0 Å². The van der Waals surface area contributed by atoms with Gasteiger partial charge in [0, 0.05) is 29.5 Å². The van der Waals surface area contributed by atoms with E-state index >= 15 is 0 Å². The Morgan fingerprint density at radius 3 is 2.11 bits per heavy atom. The minimum Gasteiger partial charge on any atom is -0.484 e. The molecule has 3 aromatic rings. The predicted molar refractivity (Wildman–Crippen MR) is 139 cm³/mol. The fourth-order valence-electron chi connectivity index (χ4n) is 3.75. The van der Waals surface area contributed by atoms with Crippen molar-refractivity contribution >= 4 is 44.8 Å². The molecular weight excluding hydrogens is 502 g/mol. The molecule has 0 radical (unpaired) electrons. The summed E-state index contributed by atoms with van der Waals surface area (Å²) in [6.07, 6.45) is 2.46. The number of amides is 2. The molecule has 0 unspecified atom stereocenters. The van der Waals surface area contributed by atoms with E-state index in [4.69, 9.17) is 16.3 Å². The summed E-state index contributed by atoms with van der Waals surface area (Å²) in [7, 11) is -3.78. The van der Waals surface area contributed by atoms with Crippen molar-refractivity contribution in [3.05, 3.63) is 83.4 Å². The topological polar surface area (TPSA) is 105 Å². The van der Waals surface area contributed by atoms with Crippen molar-refractivity contribution in [1.29, 1.82) is 0 Å². The first-order valence-corrected chi connectivity index (χ1v) is 13.3. The van der Waals surface area contributed by atoms with Crippen molar-refractivity contribution in [3.8, 4) is 5.75 Å². The van der Waals surface area contributed by atoms with Crippen molar-refractivity contribution in [2.45, 2.75) is 24.2 Å². The van der Waals surface area contributed by atoms with Crippen LogP contribution in [0.2, 0.25) is 5.02 Å². The fraction of sp³-hybridized carbons (Fsp3) is 0.231. The van der Waals surface area contributed by atoms with Crippen LogP contribution in [-0.4, -0.2) is 44.8 Å². The Morgan fingerprint density at radius 2 is 1.47 bits per heavy atom. The largest absolute Gasteiger partial charge is 0.484 e. The van der Waals surface area contributed by atoms with Crippen molar-refractivity contribution < 1.29 is 22.7 Å². The number of carbonyl (C=O) groups excluding carboxylic acids is 2. The maximum absolute atomic E-state index is 12.5. The van der Waals surface area contributed by atoms with Crippen LogP contribution in [0.15, 0.2) is 77.7 Å². The lowest BCUT2D eigenvalue weighted by atomic mass is 10.1. The lowest BCUT2D eigenvalue weighted by molar-refractivity contribution is -0.129. The van der Waals surface area contributed by atoms with Crippen LogP contribution in [0.5, 0.6) is 5.75 Å².